The van der Waals surface area contributed by atoms with E-state index in [0.29, 0.717) is 17.9 Å². The summed E-state index contributed by atoms with van der Waals surface area (Å²) in [5.74, 6) is 0. The van der Waals surface area contributed by atoms with Crippen molar-refractivity contribution in [3.05, 3.63) is 32.9 Å². The first-order valence-corrected chi connectivity index (χ1v) is 10.2. The molecule has 1 heterocycles. The summed E-state index contributed by atoms with van der Waals surface area (Å²) in [5, 5.41) is 0.0286. The molecule has 0 saturated carbocycles. The van der Waals surface area contributed by atoms with Crippen LogP contribution in [0.4, 0.5) is 4.79 Å². The molecule has 0 N–H and O–H groups in total. The lowest BCUT2D eigenvalue weighted by atomic mass is 10.3. The highest BCUT2D eigenvalue weighted by Gasteiger charge is 2.26. The van der Waals surface area contributed by atoms with Gasteiger partial charge in [0.15, 0.2) is 0 Å². The van der Waals surface area contributed by atoms with E-state index in [0.717, 1.165) is 21.6 Å². The van der Waals surface area contributed by atoms with Crippen molar-refractivity contribution in [2.45, 2.75) is 44.0 Å². The third-order valence-corrected chi connectivity index (χ3v) is 6.18. The molecule has 0 aliphatic carbocycles. The van der Waals surface area contributed by atoms with E-state index in [1.165, 1.54) is 4.90 Å². The van der Waals surface area contributed by atoms with E-state index in [2.05, 4.69) is 25.3 Å². The number of carbonyl (C=O) groups excluding carboxylic acids is 1. The van der Waals surface area contributed by atoms with E-state index >= 15 is 0 Å². The summed E-state index contributed by atoms with van der Waals surface area (Å²) in [6, 6.07) is 5.30. The fraction of sp³-hybridized carbons (Fsp3) is 0.500. The van der Waals surface area contributed by atoms with Crippen LogP contribution in [0.3, 0.4) is 0 Å². The first kappa shape index (κ1) is 20.5. The topological polar surface area (TPSA) is 51.5 Å². The Bertz CT molecular complexity index is 783. The van der Waals surface area contributed by atoms with Gasteiger partial charge in [-0.05, 0) is 31.0 Å². The van der Waals surface area contributed by atoms with E-state index in [4.69, 9.17) is 16.3 Å². The van der Waals surface area contributed by atoms with Gasteiger partial charge in [0, 0.05) is 5.02 Å². The molecule has 1 aromatic heterocycles. The summed E-state index contributed by atoms with van der Waals surface area (Å²) in [4.78, 5) is 25.9. The van der Waals surface area contributed by atoms with Gasteiger partial charge in [0.05, 0.1) is 27.5 Å². The van der Waals surface area contributed by atoms with Gasteiger partial charge in [0.2, 0.25) is 0 Å². The number of aromatic nitrogens is 1. The van der Waals surface area contributed by atoms with Crippen molar-refractivity contribution in [3.63, 3.8) is 0 Å². The molecule has 2 aromatic rings. The van der Waals surface area contributed by atoms with Crippen LogP contribution in [0.5, 0.6) is 0 Å². The Labute approximate surface area is 166 Å². The molecule has 2 unspecified atom stereocenters. The van der Waals surface area contributed by atoms with Gasteiger partial charge in [-0.25, -0.2) is 4.79 Å². The Kier molecular flexibility index (Phi) is 7.54. The Hall–Kier alpha value is -0.830. The number of nitrogens with zero attached hydrogens (tertiary/aromatic N) is 2. The fourth-order valence-corrected chi connectivity index (χ4v) is 4.06. The lowest BCUT2D eigenvalue weighted by Gasteiger charge is -2.31. The van der Waals surface area contributed by atoms with Crippen LogP contribution >= 0.6 is 48.2 Å². The molecule has 1 aromatic carbocycles. The molecule has 0 saturated heterocycles. The number of halogens is 1. The summed E-state index contributed by atoms with van der Waals surface area (Å²) in [6.07, 6.45) is 0.888. The number of fused-ring (bicyclic) bond motifs is 1. The van der Waals surface area contributed by atoms with Crippen LogP contribution in [0.2, 0.25) is 5.02 Å². The van der Waals surface area contributed by atoms with E-state index in [-0.39, 0.29) is 28.8 Å². The van der Waals surface area contributed by atoms with Crippen LogP contribution in [0.25, 0.3) is 10.2 Å². The smallest absolute Gasteiger partial charge is 0.411 e. The minimum atomic E-state index is -0.477. The maximum atomic E-state index is 12.4. The average molecular weight is 421 g/mol. The average Bonchev–Trinajstić information content (AvgIpc) is 2.89. The molecule has 1 amide bonds. The van der Waals surface area contributed by atoms with E-state index in [1.807, 2.05) is 19.9 Å². The van der Waals surface area contributed by atoms with Gasteiger partial charge in [-0.2, -0.15) is 25.3 Å². The summed E-state index contributed by atoms with van der Waals surface area (Å²) in [5.41, 5.74) is 0.747. The van der Waals surface area contributed by atoms with Crippen molar-refractivity contribution in [2.24, 2.45) is 0 Å². The Balaban J connectivity index is 2.07. The zero-order chi connectivity index (χ0) is 18.6. The first-order valence-electron chi connectivity index (χ1n) is 7.99. The number of benzene rings is 1. The van der Waals surface area contributed by atoms with Gasteiger partial charge in [0.25, 0.3) is 0 Å². The highest BCUT2D eigenvalue weighted by molar-refractivity contribution is 7.81. The standard InChI is InChI=1S/C16H21ClN2O3S3/c1-3-13(23)19(14(24)4-2)15(20)22-8-7-18-11-9-10(17)5-6-12(11)25-16(18)21/h5-6,9,13-14,23-24H,3-4,7-8H2,1-2H3. The van der Waals surface area contributed by atoms with Gasteiger partial charge < -0.3 is 4.74 Å². The summed E-state index contributed by atoms with van der Waals surface area (Å²) in [7, 11) is 0. The van der Waals surface area contributed by atoms with Gasteiger partial charge >= 0.3 is 11.0 Å². The number of hydrogen-bond donors (Lipinski definition) is 2. The molecular formula is C16H21ClN2O3S3. The largest absolute Gasteiger partial charge is 0.447 e. The Morgan fingerprint density at radius 1 is 1.32 bits per heavy atom. The van der Waals surface area contributed by atoms with Crippen molar-refractivity contribution in [3.8, 4) is 0 Å². The molecule has 0 aliphatic heterocycles. The number of ether oxygens (including phenoxy) is 1. The third kappa shape index (κ3) is 4.87. The van der Waals surface area contributed by atoms with Crippen LogP contribution in [-0.2, 0) is 11.3 Å². The second kappa shape index (κ2) is 9.21. The van der Waals surface area contributed by atoms with Crippen LogP contribution in [0, 0.1) is 0 Å². The quantitative estimate of drug-likeness (QED) is 0.512. The predicted octanol–water partition coefficient (Wildman–Crippen LogP) is 4.49. The van der Waals surface area contributed by atoms with Crippen molar-refractivity contribution in [1.82, 2.24) is 9.47 Å². The molecule has 0 radical (unpaired) electrons. The lowest BCUT2D eigenvalue weighted by Crippen LogP contribution is -2.42. The van der Waals surface area contributed by atoms with Crippen LogP contribution in [-0.4, -0.2) is 32.9 Å². The van der Waals surface area contributed by atoms with Crippen molar-refractivity contribution < 1.29 is 9.53 Å². The van der Waals surface area contributed by atoms with Gasteiger partial charge in [0.1, 0.15) is 6.61 Å². The fourth-order valence-electron chi connectivity index (χ4n) is 2.38. The lowest BCUT2D eigenvalue weighted by molar-refractivity contribution is 0.0910. The minimum Gasteiger partial charge on any atom is -0.447 e. The van der Waals surface area contributed by atoms with Crippen LogP contribution in [0.15, 0.2) is 23.0 Å². The molecule has 5 nitrogen and oxygen atoms in total. The van der Waals surface area contributed by atoms with E-state index < -0.39 is 6.09 Å². The second-order valence-corrected chi connectivity index (χ2v) is 8.05. The van der Waals surface area contributed by atoms with E-state index in [9.17, 15) is 9.59 Å². The molecule has 138 valence electrons. The van der Waals surface area contributed by atoms with Crippen molar-refractivity contribution in [1.29, 1.82) is 0 Å². The summed E-state index contributed by atoms with van der Waals surface area (Å²) < 4.78 is 7.78. The monoisotopic (exact) mass is 420 g/mol. The molecule has 0 bridgehead atoms. The predicted molar refractivity (Wildman–Crippen MR) is 110 cm³/mol. The Morgan fingerprint density at radius 2 is 1.96 bits per heavy atom. The Morgan fingerprint density at radius 3 is 2.56 bits per heavy atom. The number of carbonyl (C=O) groups is 1. The normalized spacial score (nSPS) is 13.6. The molecule has 2 atom stereocenters. The minimum absolute atomic E-state index is 0.0853. The van der Waals surface area contributed by atoms with Gasteiger partial charge in [-0.1, -0.05) is 36.8 Å². The number of thiol groups is 2. The maximum absolute atomic E-state index is 12.4. The highest BCUT2D eigenvalue weighted by atomic mass is 35.5. The SMILES string of the molecule is CCC(S)N(C(=O)OCCn1c(=O)sc2ccc(Cl)cc21)C(S)CC. The zero-order valence-corrected chi connectivity index (χ0v) is 17.4. The van der Waals surface area contributed by atoms with Crippen molar-refractivity contribution in [2.75, 3.05) is 6.61 Å². The molecule has 0 spiro atoms. The molecule has 0 fully saturated rings. The molecule has 0 aliphatic rings. The van der Waals surface area contributed by atoms with Gasteiger partial charge in [-0.3, -0.25) is 14.3 Å². The summed E-state index contributed by atoms with van der Waals surface area (Å²) in [6.45, 7) is 4.23. The first-order chi connectivity index (χ1) is 11.9. The molecular weight excluding hydrogens is 400 g/mol. The van der Waals surface area contributed by atoms with Gasteiger partial charge in [-0.15, -0.1) is 0 Å². The van der Waals surface area contributed by atoms with Crippen LogP contribution < -0.4 is 4.87 Å². The third-order valence-electron chi connectivity index (χ3n) is 3.75. The zero-order valence-electron chi connectivity index (χ0n) is 14.0. The second-order valence-electron chi connectivity index (χ2n) is 5.43. The van der Waals surface area contributed by atoms with E-state index in [1.54, 1.807) is 16.7 Å². The summed E-state index contributed by atoms with van der Waals surface area (Å²) >= 11 is 16.0. The number of thiazole rings is 1. The van der Waals surface area contributed by atoms with Crippen LogP contribution in [0.1, 0.15) is 26.7 Å². The molecule has 9 heteroatoms. The molecule has 25 heavy (non-hydrogen) atoms. The van der Waals surface area contributed by atoms with Crippen molar-refractivity contribution >= 4 is 64.5 Å². The number of amides is 1. The maximum Gasteiger partial charge on any atom is 0.411 e. The molecule has 2 rings (SSSR count). The number of hydrogen-bond acceptors (Lipinski definition) is 6. The number of rotatable bonds is 7. The highest BCUT2D eigenvalue weighted by Crippen LogP contribution is 2.22.